The summed E-state index contributed by atoms with van der Waals surface area (Å²) in [6.07, 6.45) is 0. The number of benzene rings is 9. The van der Waals surface area contributed by atoms with E-state index < -0.39 is 0 Å². The lowest BCUT2D eigenvalue weighted by atomic mass is 9.76. The standard InChI is InChI=1S/C59H45N/c1-58(2)49-24-9-5-19-45(49)56-47(22-14-26-51(56)58)55(48-23-15-27-52-57(48)46-20-6-10-25-50(46)59(52,3)4)39-32-35-42-38(36-39)16-13-21-41(42)37-30-33-40(34-31-37)60-53-28-11-7-17-43(53)44-18-8-12-29-54(44)60/h5-36,55H,1-4H3. The SMILES string of the molecule is CC1(C)c2ccccc2-c2c(C(c3ccc4c(-c5ccc(-n6c7ccccc7c7ccccc76)cc5)cccc4c3)c3cccc4c3-c3ccccc3C4(C)C)cccc21. The normalized spacial score (nSPS) is 14.4. The molecule has 0 unspecified atom stereocenters. The van der Waals surface area contributed by atoms with Gasteiger partial charge in [-0.25, -0.2) is 0 Å². The fourth-order valence-corrected chi connectivity index (χ4v) is 11.3. The fraction of sp³-hybridized carbons (Fsp3) is 0.119. The Balaban J connectivity index is 1.04. The highest BCUT2D eigenvalue weighted by molar-refractivity contribution is 6.09. The molecule has 0 radical (unpaired) electrons. The molecule has 0 amide bonds. The number of nitrogens with zero attached hydrogens (tertiary/aromatic N) is 1. The minimum atomic E-state index is -0.0882. The minimum Gasteiger partial charge on any atom is -0.309 e. The second kappa shape index (κ2) is 12.8. The Morgan fingerprint density at radius 1 is 0.383 bits per heavy atom. The molecule has 286 valence electrons. The molecule has 60 heavy (non-hydrogen) atoms. The summed E-state index contributed by atoms with van der Waals surface area (Å²) in [5.74, 6) is 0.0115. The second-order valence-corrected chi connectivity index (χ2v) is 18.0. The Bertz CT molecular complexity index is 3210. The number of aromatic nitrogens is 1. The van der Waals surface area contributed by atoms with Crippen molar-refractivity contribution in [1.82, 2.24) is 4.57 Å². The molecular formula is C59H45N. The number of rotatable bonds is 5. The monoisotopic (exact) mass is 767 g/mol. The summed E-state index contributed by atoms with van der Waals surface area (Å²) in [7, 11) is 0. The molecule has 10 aromatic rings. The third kappa shape index (κ3) is 4.87. The van der Waals surface area contributed by atoms with Gasteiger partial charge in [-0.15, -0.1) is 0 Å². The van der Waals surface area contributed by atoms with Crippen LogP contribution in [0.3, 0.4) is 0 Å². The molecule has 2 aliphatic carbocycles. The lowest BCUT2D eigenvalue weighted by Gasteiger charge is -2.27. The molecule has 2 aliphatic rings. The highest BCUT2D eigenvalue weighted by Gasteiger charge is 2.41. The van der Waals surface area contributed by atoms with Crippen molar-refractivity contribution < 1.29 is 0 Å². The Morgan fingerprint density at radius 2 is 0.867 bits per heavy atom. The number of para-hydroxylation sites is 2. The van der Waals surface area contributed by atoms with Gasteiger partial charge < -0.3 is 4.57 Å². The maximum atomic E-state index is 2.48. The Kier molecular flexibility index (Phi) is 7.45. The first-order valence-corrected chi connectivity index (χ1v) is 21.4. The number of hydrogen-bond acceptors (Lipinski definition) is 0. The van der Waals surface area contributed by atoms with Gasteiger partial charge in [-0.2, -0.15) is 0 Å². The molecule has 0 aliphatic heterocycles. The van der Waals surface area contributed by atoms with Gasteiger partial charge in [0.25, 0.3) is 0 Å². The van der Waals surface area contributed by atoms with Crippen molar-refractivity contribution in [2.24, 2.45) is 0 Å². The van der Waals surface area contributed by atoms with Gasteiger partial charge in [0.05, 0.1) is 11.0 Å². The Hall–Kier alpha value is -6.96. The van der Waals surface area contributed by atoms with Crippen LogP contribution < -0.4 is 0 Å². The minimum absolute atomic E-state index is 0.0115. The van der Waals surface area contributed by atoms with Crippen molar-refractivity contribution in [2.75, 3.05) is 0 Å². The molecule has 1 heteroatoms. The molecule has 1 aromatic heterocycles. The van der Waals surface area contributed by atoms with E-state index in [4.69, 9.17) is 0 Å². The van der Waals surface area contributed by atoms with Crippen LogP contribution in [-0.2, 0) is 10.8 Å². The average molecular weight is 768 g/mol. The average Bonchev–Trinajstić information content (AvgIpc) is 3.84. The van der Waals surface area contributed by atoms with Crippen molar-refractivity contribution in [2.45, 2.75) is 44.4 Å². The van der Waals surface area contributed by atoms with Crippen molar-refractivity contribution in [3.63, 3.8) is 0 Å². The van der Waals surface area contributed by atoms with E-state index in [1.165, 1.54) is 111 Å². The summed E-state index contributed by atoms with van der Waals surface area (Å²) in [5.41, 5.74) is 21.1. The van der Waals surface area contributed by atoms with E-state index >= 15 is 0 Å². The largest absolute Gasteiger partial charge is 0.309 e. The zero-order valence-electron chi connectivity index (χ0n) is 34.5. The van der Waals surface area contributed by atoms with Gasteiger partial charge >= 0.3 is 0 Å². The van der Waals surface area contributed by atoms with Crippen LogP contribution in [0.1, 0.15) is 72.6 Å². The van der Waals surface area contributed by atoms with E-state index in [2.05, 4.69) is 226 Å². The molecule has 1 heterocycles. The van der Waals surface area contributed by atoms with Gasteiger partial charge in [0.1, 0.15) is 0 Å². The molecule has 12 rings (SSSR count). The molecule has 0 atom stereocenters. The van der Waals surface area contributed by atoms with E-state index in [-0.39, 0.29) is 16.7 Å². The molecular weight excluding hydrogens is 723 g/mol. The summed E-state index contributed by atoms with van der Waals surface area (Å²) in [4.78, 5) is 0. The first-order chi connectivity index (χ1) is 29.3. The van der Waals surface area contributed by atoms with Gasteiger partial charge in [0, 0.05) is 33.2 Å². The summed E-state index contributed by atoms with van der Waals surface area (Å²) < 4.78 is 2.39. The van der Waals surface area contributed by atoms with Crippen LogP contribution in [0, 0.1) is 0 Å². The quantitative estimate of drug-likeness (QED) is 0.154. The van der Waals surface area contributed by atoms with Gasteiger partial charge in [-0.3, -0.25) is 0 Å². The van der Waals surface area contributed by atoms with Crippen molar-refractivity contribution in [3.05, 3.63) is 233 Å². The first kappa shape index (κ1) is 35.0. The molecule has 9 aromatic carbocycles. The van der Waals surface area contributed by atoms with Crippen LogP contribution in [0.25, 0.3) is 71.6 Å². The van der Waals surface area contributed by atoms with Crippen LogP contribution >= 0.6 is 0 Å². The third-order valence-electron chi connectivity index (χ3n) is 14.2. The Labute approximate surface area is 352 Å². The molecule has 0 N–H and O–H groups in total. The van der Waals surface area contributed by atoms with Crippen molar-refractivity contribution in [1.29, 1.82) is 0 Å². The van der Waals surface area contributed by atoms with Gasteiger partial charge in [-0.1, -0.05) is 198 Å². The van der Waals surface area contributed by atoms with Crippen molar-refractivity contribution in [3.8, 4) is 39.1 Å². The van der Waals surface area contributed by atoms with E-state index in [9.17, 15) is 0 Å². The lowest BCUT2D eigenvalue weighted by molar-refractivity contribution is 0.659. The predicted molar refractivity (Wildman–Crippen MR) is 253 cm³/mol. The second-order valence-electron chi connectivity index (χ2n) is 18.0. The maximum Gasteiger partial charge on any atom is 0.0541 e. The number of hydrogen-bond donors (Lipinski definition) is 0. The smallest absolute Gasteiger partial charge is 0.0541 e. The highest BCUT2D eigenvalue weighted by Crippen LogP contribution is 2.56. The Morgan fingerprint density at radius 3 is 1.45 bits per heavy atom. The van der Waals surface area contributed by atoms with Crippen LogP contribution in [0.2, 0.25) is 0 Å². The summed E-state index contributed by atoms with van der Waals surface area (Å²) in [5, 5.41) is 5.08. The van der Waals surface area contributed by atoms with Crippen molar-refractivity contribution >= 4 is 32.6 Å². The van der Waals surface area contributed by atoms with E-state index in [0.717, 1.165) is 0 Å². The predicted octanol–water partition coefficient (Wildman–Crippen LogP) is 15.4. The maximum absolute atomic E-state index is 2.48. The number of fused-ring (bicyclic) bond motifs is 10. The van der Waals surface area contributed by atoms with E-state index in [1.54, 1.807) is 0 Å². The van der Waals surface area contributed by atoms with E-state index in [0.29, 0.717) is 0 Å². The lowest BCUT2D eigenvalue weighted by Crippen LogP contribution is -2.16. The molecule has 1 nitrogen and oxygen atoms in total. The zero-order valence-corrected chi connectivity index (χ0v) is 34.5. The van der Waals surface area contributed by atoms with Gasteiger partial charge in [0.15, 0.2) is 0 Å². The molecule has 0 saturated carbocycles. The molecule has 0 saturated heterocycles. The third-order valence-corrected chi connectivity index (χ3v) is 14.2. The summed E-state index contributed by atoms with van der Waals surface area (Å²) >= 11 is 0. The molecule has 0 bridgehead atoms. The van der Waals surface area contributed by atoms with E-state index in [1.807, 2.05) is 0 Å². The van der Waals surface area contributed by atoms with Gasteiger partial charge in [-0.05, 0) is 107 Å². The van der Waals surface area contributed by atoms with Crippen LogP contribution in [0.15, 0.2) is 194 Å². The zero-order chi connectivity index (χ0) is 40.3. The topological polar surface area (TPSA) is 4.93 Å². The van der Waals surface area contributed by atoms with Gasteiger partial charge in [0.2, 0.25) is 0 Å². The summed E-state index contributed by atoms with van der Waals surface area (Å²) in [6, 6.07) is 73.0. The summed E-state index contributed by atoms with van der Waals surface area (Å²) in [6.45, 7) is 9.57. The fourth-order valence-electron chi connectivity index (χ4n) is 11.3. The van der Waals surface area contributed by atoms with Crippen LogP contribution in [-0.4, -0.2) is 4.57 Å². The van der Waals surface area contributed by atoms with Crippen LogP contribution in [0.4, 0.5) is 0 Å². The van der Waals surface area contributed by atoms with Crippen LogP contribution in [0.5, 0.6) is 0 Å². The molecule has 0 fully saturated rings. The highest BCUT2D eigenvalue weighted by atomic mass is 15.0. The molecule has 0 spiro atoms. The first-order valence-electron chi connectivity index (χ1n) is 21.4.